The van der Waals surface area contributed by atoms with E-state index in [1.165, 1.54) is 33.4 Å². The van der Waals surface area contributed by atoms with E-state index < -0.39 is 6.69 Å². The monoisotopic (exact) mass is 312 g/mol. The molecule has 2 atom stereocenters. The average Bonchev–Trinajstić information content (AvgIpc) is 2.75. The molecule has 0 amide bonds. The van der Waals surface area contributed by atoms with Crippen molar-refractivity contribution in [3.8, 4) is 0 Å². The Morgan fingerprint density at radius 1 is 0.737 bits per heavy atom. The fraction of sp³-hybridized carbons (Fsp3) is 0.500. The van der Waals surface area contributed by atoms with E-state index in [4.69, 9.17) is 22.2 Å². The summed E-state index contributed by atoms with van der Waals surface area (Å²) in [6.45, 7) is 10.5. The predicted molar refractivity (Wildman–Crippen MR) is 89.2 cm³/mol. The van der Waals surface area contributed by atoms with Crippen LogP contribution < -0.4 is 0 Å². The molecule has 0 aliphatic heterocycles. The SMILES string of the molecule is CC1=CC([Si](Cl)(Cl)C2C=C(C)C(C)=C2C)C(C)=C1C. The molecule has 0 spiro atoms. The highest BCUT2D eigenvalue weighted by Gasteiger charge is 2.48. The van der Waals surface area contributed by atoms with Gasteiger partial charge >= 0.3 is 0 Å². The van der Waals surface area contributed by atoms with Crippen LogP contribution in [0.2, 0.25) is 11.1 Å². The molecule has 0 fully saturated rings. The Morgan fingerprint density at radius 3 is 1.26 bits per heavy atom. The van der Waals surface area contributed by atoms with Crippen molar-refractivity contribution in [3.63, 3.8) is 0 Å². The number of halogens is 2. The van der Waals surface area contributed by atoms with Crippen LogP contribution in [0.25, 0.3) is 0 Å². The Hall–Kier alpha value is -0.243. The second-order valence-corrected chi connectivity index (χ2v) is 12.9. The summed E-state index contributed by atoms with van der Waals surface area (Å²) in [6.07, 6.45) is 4.56. The average molecular weight is 313 g/mol. The van der Waals surface area contributed by atoms with E-state index in [0.29, 0.717) is 0 Å². The van der Waals surface area contributed by atoms with Crippen LogP contribution in [0.3, 0.4) is 0 Å². The van der Waals surface area contributed by atoms with E-state index in [-0.39, 0.29) is 11.1 Å². The fourth-order valence-corrected chi connectivity index (χ4v) is 8.72. The van der Waals surface area contributed by atoms with E-state index in [9.17, 15) is 0 Å². The summed E-state index contributed by atoms with van der Waals surface area (Å²) < 4.78 is 0. The van der Waals surface area contributed by atoms with Gasteiger partial charge in [0.05, 0.1) is 0 Å². The standard InChI is InChI=1S/C16H22Cl2Si/c1-9-7-15(13(5)11(9)3)19(17,18)16-8-10(2)12(4)14(16)6/h7-8,15-16H,1-6H3. The number of hydrogen-bond donors (Lipinski definition) is 0. The summed E-state index contributed by atoms with van der Waals surface area (Å²) in [7, 11) is 0. The molecule has 0 aromatic carbocycles. The minimum Gasteiger partial charge on any atom is -0.144 e. The molecule has 2 unspecified atom stereocenters. The molecule has 2 aliphatic carbocycles. The van der Waals surface area contributed by atoms with Gasteiger partial charge in [-0.3, -0.25) is 0 Å². The molecular formula is C16H22Cl2Si. The molecule has 19 heavy (non-hydrogen) atoms. The highest BCUT2D eigenvalue weighted by molar-refractivity contribution is 7.47. The first-order valence-electron chi connectivity index (χ1n) is 6.78. The lowest BCUT2D eigenvalue weighted by Crippen LogP contribution is -2.32. The molecule has 0 N–H and O–H groups in total. The van der Waals surface area contributed by atoms with Crippen molar-refractivity contribution in [2.45, 2.75) is 52.6 Å². The van der Waals surface area contributed by atoms with Crippen LogP contribution in [0.1, 0.15) is 41.5 Å². The minimum absolute atomic E-state index is 0.241. The van der Waals surface area contributed by atoms with Gasteiger partial charge in [0.25, 0.3) is 6.69 Å². The van der Waals surface area contributed by atoms with Crippen LogP contribution >= 0.6 is 22.2 Å². The zero-order valence-electron chi connectivity index (χ0n) is 12.6. The summed E-state index contributed by atoms with van der Waals surface area (Å²) in [5, 5.41) is 0. The molecule has 2 rings (SSSR count). The van der Waals surface area contributed by atoms with Gasteiger partial charge in [0.1, 0.15) is 0 Å². The third-order valence-electron chi connectivity index (χ3n) is 4.96. The van der Waals surface area contributed by atoms with Gasteiger partial charge in [-0.25, -0.2) is 0 Å². The van der Waals surface area contributed by atoms with Crippen LogP contribution in [-0.2, 0) is 0 Å². The maximum atomic E-state index is 6.95. The first kappa shape index (κ1) is 15.2. The van der Waals surface area contributed by atoms with Crippen molar-refractivity contribution in [1.82, 2.24) is 0 Å². The van der Waals surface area contributed by atoms with Gasteiger partial charge in [-0.2, -0.15) is 0 Å². The van der Waals surface area contributed by atoms with Crippen molar-refractivity contribution in [2.75, 3.05) is 0 Å². The summed E-state index contributed by atoms with van der Waals surface area (Å²) >= 11 is 13.9. The zero-order valence-corrected chi connectivity index (χ0v) is 15.1. The van der Waals surface area contributed by atoms with Crippen molar-refractivity contribution < 1.29 is 0 Å². The van der Waals surface area contributed by atoms with E-state index in [1.807, 2.05) is 0 Å². The maximum Gasteiger partial charge on any atom is 0.272 e. The summed E-state index contributed by atoms with van der Waals surface area (Å²) in [5.74, 6) is 0. The Kier molecular flexibility index (Phi) is 3.94. The molecule has 0 heterocycles. The van der Waals surface area contributed by atoms with E-state index in [0.717, 1.165) is 0 Å². The zero-order chi connectivity index (χ0) is 14.5. The molecule has 0 saturated carbocycles. The molecule has 0 radical (unpaired) electrons. The Labute approximate surface area is 127 Å². The van der Waals surface area contributed by atoms with Gasteiger partial charge in [-0.1, -0.05) is 34.4 Å². The molecule has 104 valence electrons. The van der Waals surface area contributed by atoms with Crippen LogP contribution in [-0.4, -0.2) is 6.69 Å². The van der Waals surface area contributed by atoms with Crippen LogP contribution in [0.15, 0.2) is 45.6 Å². The molecule has 0 nitrogen and oxygen atoms in total. The summed E-state index contributed by atoms with van der Waals surface area (Å²) in [4.78, 5) is 0. The summed E-state index contributed by atoms with van der Waals surface area (Å²) in [5.41, 5.74) is 8.59. The Balaban J connectivity index is 2.42. The van der Waals surface area contributed by atoms with Crippen molar-refractivity contribution in [1.29, 1.82) is 0 Å². The first-order valence-corrected chi connectivity index (χ1v) is 11.0. The van der Waals surface area contributed by atoms with Crippen LogP contribution in [0, 0.1) is 0 Å². The summed E-state index contributed by atoms with van der Waals surface area (Å²) in [6, 6.07) is 0. The normalized spacial score (nSPS) is 28.2. The van der Waals surface area contributed by atoms with Crippen LogP contribution in [0.5, 0.6) is 0 Å². The Morgan fingerprint density at radius 2 is 1.05 bits per heavy atom. The van der Waals surface area contributed by atoms with Gasteiger partial charge in [0.15, 0.2) is 0 Å². The lowest BCUT2D eigenvalue weighted by molar-refractivity contribution is 1.10. The lowest BCUT2D eigenvalue weighted by Gasteiger charge is -2.30. The molecule has 0 aromatic heterocycles. The van der Waals surface area contributed by atoms with Crippen LogP contribution in [0.4, 0.5) is 0 Å². The lowest BCUT2D eigenvalue weighted by atomic mass is 10.1. The molecule has 0 bridgehead atoms. The van der Waals surface area contributed by atoms with Crippen molar-refractivity contribution in [3.05, 3.63) is 45.6 Å². The Bertz CT molecular complexity index is 499. The second kappa shape index (κ2) is 4.94. The smallest absolute Gasteiger partial charge is 0.144 e. The number of rotatable bonds is 2. The number of hydrogen-bond acceptors (Lipinski definition) is 0. The van der Waals surface area contributed by atoms with Gasteiger partial charge in [0.2, 0.25) is 0 Å². The van der Waals surface area contributed by atoms with Gasteiger partial charge < -0.3 is 0 Å². The fourth-order valence-electron chi connectivity index (χ4n) is 3.08. The first-order chi connectivity index (χ1) is 8.67. The highest BCUT2D eigenvalue weighted by atomic mass is 35.7. The molecule has 3 heteroatoms. The minimum atomic E-state index is -2.45. The maximum absolute atomic E-state index is 6.95. The van der Waals surface area contributed by atoms with E-state index >= 15 is 0 Å². The third kappa shape index (κ3) is 2.30. The molecule has 2 aliphatic rings. The van der Waals surface area contributed by atoms with E-state index in [2.05, 4.69) is 53.7 Å². The predicted octanol–water partition coefficient (Wildman–Crippen LogP) is 6.24. The quantitative estimate of drug-likeness (QED) is 0.418. The van der Waals surface area contributed by atoms with Crippen molar-refractivity contribution >= 4 is 28.9 Å². The second-order valence-electron chi connectivity index (χ2n) is 5.95. The van der Waals surface area contributed by atoms with Gasteiger partial charge in [0, 0.05) is 11.1 Å². The van der Waals surface area contributed by atoms with Gasteiger partial charge in [-0.15, -0.1) is 22.2 Å². The number of allylic oxidation sites excluding steroid dienone is 8. The van der Waals surface area contributed by atoms with E-state index in [1.54, 1.807) is 0 Å². The highest BCUT2D eigenvalue weighted by Crippen LogP contribution is 2.55. The van der Waals surface area contributed by atoms with Crippen molar-refractivity contribution in [2.24, 2.45) is 0 Å². The molecule has 0 saturated heterocycles. The largest absolute Gasteiger partial charge is 0.272 e. The molecular weight excluding hydrogens is 291 g/mol. The topological polar surface area (TPSA) is 0 Å². The third-order valence-corrected chi connectivity index (χ3v) is 10.6. The van der Waals surface area contributed by atoms with Gasteiger partial charge in [-0.05, 0) is 52.7 Å². The molecule has 0 aromatic rings.